The van der Waals surface area contributed by atoms with Gasteiger partial charge in [0.2, 0.25) is 0 Å². The lowest BCUT2D eigenvalue weighted by molar-refractivity contribution is -0.139. The van der Waals surface area contributed by atoms with Gasteiger partial charge in [-0.25, -0.2) is 9.78 Å². The van der Waals surface area contributed by atoms with Gasteiger partial charge in [-0.05, 0) is 22.3 Å². The van der Waals surface area contributed by atoms with Crippen molar-refractivity contribution in [1.29, 1.82) is 0 Å². The van der Waals surface area contributed by atoms with Crippen molar-refractivity contribution in [3.05, 3.63) is 75.7 Å². The Morgan fingerprint density at radius 2 is 1.71 bits per heavy atom. The van der Waals surface area contributed by atoms with Crippen LogP contribution in [0.15, 0.2) is 53.9 Å². The largest absolute Gasteiger partial charge is 0.481 e. The molecule has 0 saturated carbocycles. The number of carbonyl (C=O) groups excluding carboxylic acids is 2. The molecular weight excluding hydrogens is 466 g/mol. The van der Waals surface area contributed by atoms with E-state index in [1.165, 1.54) is 22.5 Å². The van der Waals surface area contributed by atoms with Crippen molar-refractivity contribution in [2.75, 3.05) is 26.2 Å². The van der Waals surface area contributed by atoms with Gasteiger partial charge >= 0.3 is 12.1 Å². The number of aliphatic carboxylic acids is 1. The van der Waals surface area contributed by atoms with Gasteiger partial charge in [-0.1, -0.05) is 48.5 Å². The first kappa shape index (κ1) is 23.0. The van der Waals surface area contributed by atoms with Crippen LogP contribution in [0.4, 0.5) is 4.79 Å². The SMILES string of the molecule is O=C(O)CC1CN(C(=O)c2csc(CCNC(=O)OCC3c4ccccc4-c4ccccc43)n2)C1. The number of hydrogen-bond donors (Lipinski definition) is 2. The Labute approximate surface area is 206 Å². The van der Waals surface area contributed by atoms with Crippen LogP contribution in [0.3, 0.4) is 0 Å². The monoisotopic (exact) mass is 491 g/mol. The van der Waals surface area contributed by atoms with E-state index in [1.807, 2.05) is 24.3 Å². The molecule has 1 fully saturated rings. The number of nitrogens with one attached hydrogen (secondary N) is 1. The lowest BCUT2D eigenvalue weighted by Gasteiger charge is -2.38. The quantitative estimate of drug-likeness (QED) is 0.497. The van der Waals surface area contributed by atoms with Crippen molar-refractivity contribution in [2.24, 2.45) is 5.92 Å². The smallest absolute Gasteiger partial charge is 0.407 e. The standard InChI is InChI=1S/C26H25N3O5S/c30-24(31)11-16-12-29(13-16)25(32)22-15-35-23(28-22)9-10-27-26(33)34-14-21-19-7-3-1-5-17(19)18-6-2-4-8-20(18)21/h1-8,15-16,21H,9-14H2,(H,27,33)(H,30,31). The van der Waals surface area contributed by atoms with Crippen molar-refractivity contribution in [3.63, 3.8) is 0 Å². The van der Waals surface area contributed by atoms with Crippen LogP contribution < -0.4 is 5.32 Å². The molecular formula is C26H25N3O5S. The predicted molar refractivity (Wildman–Crippen MR) is 131 cm³/mol. The molecule has 35 heavy (non-hydrogen) atoms. The summed E-state index contributed by atoms with van der Waals surface area (Å²) in [4.78, 5) is 41.5. The van der Waals surface area contributed by atoms with Gasteiger partial charge in [-0.3, -0.25) is 9.59 Å². The third-order valence-electron chi connectivity index (χ3n) is 6.43. The zero-order chi connectivity index (χ0) is 24.4. The van der Waals surface area contributed by atoms with Crippen molar-refractivity contribution in [1.82, 2.24) is 15.2 Å². The molecule has 2 aliphatic rings. The molecule has 2 aromatic carbocycles. The second kappa shape index (κ2) is 9.87. The fraction of sp³-hybridized carbons (Fsp3) is 0.308. The number of thiazole rings is 1. The molecule has 2 amide bonds. The fourth-order valence-electron chi connectivity index (χ4n) is 4.72. The molecule has 0 unspecified atom stereocenters. The Morgan fingerprint density at radius 1 is 1.06 bits per heavy atom. The van der Waals surface area contributed by atoms with E-state index in [9.17, 15) is 14.4 Å². The molecule has 0 bridgehead atoms. The van der Waals surface area contributed by atoms with Crippen LogP contribution >= 0.6 is 11.3 Å². The van der Waals surface area contributed by atoms with Crippen LogP contribution in [0.1, 0.15) is 39.0 Å². The summed E-state index contributed by atoms with van der Waals surface area (Å²) in [5.74, 6) is -1.01. The normalized spacial score (nSPS) is 14.7. The molecule has 0 spiro atoms. The third kappa shape index (κ3) is 4.90. The van der Waals surface area contributed by atoms with Gasteiger partial charge in [-0.2, -0.15) is 0 Å². The molecule has 5 rings (SSSR count). The summed E-state index contributed by atoms with van der Waals surface area (Å²) >= 11 is 1.37. The highest BCUT2D eigenvalue weighted by Gasteiger charge is 2.33. The van der Waals surface area contributed by atoms with E-state index in [0.717, 1.165) is 16.1 Å². The maximum atomic E-state index is 12.5. The lowest BCUT2D eigenvalue weighted by atomic mass is 9.96. The third-order valence-corrected chi connectivity index (χ3v) is 7.34. The van der Waals surface area contributed by atoms with Gasteiger partial charge in [0.1, 0.15) is 12.3 Å². The van der Waals surface area contributed by atoms with Crippen LogP contribution in [0.5, 0.6) is 0 Å². The molecule has 1 saturated heterocycles. The van der Waals surface area contributed by atoms with E-state index >= 15 is 0 Å². The van der Waals surface area contributed by atoms with Crippen molar-refractivity contribution in [2.45, 2.75) is 18.8 Å². The van der Waals surface area contributed by atoms with Crippen molar-refractivity contribution < 1.29 is 24.2 Å². The summed E-state index contributed by atoms with van der Waals surface area (Å²) < 4.78 is 5.54. The fourth-order valence-corrected chi connectivity index (χ4v) is 5.49. The Hall–Kier alpha value is -3.72. The van der Waals surface area contributed by atoms with Gasteiger partial charge in [-0.15, -0.1) is 11.3 Å². The van der Waals surface area contributed by atoms with E-state index in [1.54, 1.807) is 10.3 Å². The summed E-state index contributed by atoms with van der Waals surface area (Å²) in [6.45, 7) is 1.50. The van der Waals surface area contributed by atoms with E-state index in [2.05, 4.69) is 34.6 Å². The van der Waals surface area contributed by atoms with Crippen molar-refractivity contribution >= 4 is 29.3 Å². The molecule has 3 aromatic rings. The minimum Gasteiger partial charge on any atom is -0.481 e. The molecule has 1 aromatic heterocycles. The van der Waals surface area contributed by atoms with E-state index in [0.29, 0.717) is 31.7 Å². The van der Waals surface area contributed by atoms with Gasteiger partial charge < -0.3 is 20.1 Å². The van der Waals surface area contributed by atoms with Crippen LogP contribution in [0, 0.1) is 5.92 Å². The Bertz CT molecular complexity index is 1220. The molecule has 1 aliphatic carbocycles. The number of amides is 2. The Balaban J connectivity index is 1.08. The summed E-state index contributed by atoms with van der Waals surface area (Å²) in [6.07, 6.45) is 0.0852. The van der Waals surface area contributed by atoms with Crippen molar-refractivity contribution in [3.8, 4) is 11.1 Å². The predicted octanol–water partition coefficient (Wildman–Crippen LogP) is 3.77. The van der Waals surface area contributed by atoms with Crippen LogP contribution in [-0.4, -0.2) is 59.2 Å². The molecule has 0 radical (unpaired) electrons. The van der Waals surface area contributed by atoms with Gasteiger partial charge in [0.15, 0.2) is 0 Å². The number of carboxylic acid groups (broad SMARTS) is 1. The molecule has 0 atom stereocenters. The summed E-state index contributed by atoms with van der Waals surface area (Å²) in [5.41, 5.74) is 5.06. The lowest BCUT2D eigenvalue weighted by Crippen LogP contribution is -2.50. The highest BCUT2D eigenvalue weighted by Crippen LogP contribution is 2.44. The molecule has 2 N–H and O–H groups in total. The number of likely N-dealkylation sites (tertiary alicyclic amines) is 1. The van der Waals surface area contributed by atoms with Gasteiger partial charge in [0, 0.05) is 43.3 Å². The number of carbonyl (C=O) groups is 3. The first-order chi connectivity index (χ1) is 17.0. The highest BCUT2D eigenvalue weighted by atomic mass is 32.1. The van der Waals surface area contributed by atoms with Gasteiger partial charge in [0.05, 0.1) is 11.4 Å². The van der Waals surface area contributed by atoms with E-state index < -0.39 is 12.1 Å². The zero-order valence-electron chi connectivity index (χ0n) is 19.0. The number of ether oxygens (including phenoxy) is 1. The van der Waals surface area contributed by atoms with E-state index in [4.69, 9.17) is 9.84 Å². The minimum absolute atomic E-state index is 0.0101. The number of carboxylic acids is 1. The Kier molecular flexibility index (Phi) is 6.50. The second-order valence-electron chi connectivity index (χ2n) is 8.80. The average Bonchev–Trinajstić information content (AvgIpc) is 3.42. The maximum Gasteiger partial charge on any atom is 0.407 e. The number of aromatic nitrogens is 1. The Morgan fingerprint density at radius 3 is 2.37 bits per heavy atom. The zero-order valence-corrected chi connectivity index (χ0v) is 19.8. The number of rotatable bonds is 8. The maximum absolute atomic E-state index is 12.5. The number of fused-ring (bicyclic) bond motifs is 3. The molecule has 180 valence electrons. The van der Waals surface area contributed by atoms with Crippen LogP contribution in [0.25, 0.3) is 11.1 Å². The highest BCUT2D eigenvalue weighted by molar-refractivity contribution is 7.09. The second-order valence-corrected chi connectivity index (χ2v) is 9.75. The van der Waals surface area contributed by atoms with Crippen LogP contribution in [-0.2, 0) is 16.0 Å². The number of alkyl carbamates (subject to hydrolysis) is 1. The molecule has 1 aliphatic heterocycles. The molecule has 9 heteroatoms. The average molecular weight is 492 g/mol. The summed E-state index contributed by atoms with van der Waals surface area (Å²) in [6, 6.07) is 16.4. The molecule has 2 heterocycles. The topological polar surface area (TPSA) is 109 Å². The summed E-state index contributed by atoms with van der Waals surface area (Å²) in [5, 5.41) is 14.0. The first-order valence-electron chi connectivity index (χ1n) is 11.5. The first-order valence-corrected chi connectivity index (χ1v) is 12.4. The molecule has 8 nitrogen and oxygen atoms in total. The number of hydrogen-bond acceptors (Lipinski definition) is 6. The minimum atomic E-state index is -0.845. The summed E-state index contributed by atoms with van der Waals surface area (Å²) in [7, 11) is 0. The van der Waals surface area contributed by atoms with E-state index in [-0.39, 0.29) is 30.8 Å². The van der Waals surface area contributed by atoms with Crippen LogP contribution in [0.2, 0.25) is 0 Å². The number of nitrogens with zero attached hydrogens (tertiary/aromatic N) is 2. The number of benzene rings is 2. The van der Waals surface area contributed by atoms with Gasteiger partial charge in [0.25, 0.3) is 5.91 Å².